The van der Waals surface area contributed by atoms with E-state index in [0.29, 0.717) is 5.56 Å². The monoisotopic (exact) mass is 262 g/mol. The summed E-state index contributed by atoms with van der Waals surface area (Å²) in [6.07, 6.45) is -0.723. The molecule has 6 heteroatoms. The zero-order valence-electron chi connectivity index (χ0n) is 7.26. The lowest BCUT2D eigenvalue weighted by Gasteiger charge is -2.15. The number of hydrogen-bond donors (Lipinski definition) is 4. The molecule has 0 amide bonds. The fourth-order valence-corrected chi connectivity index (χ4v) is 1.30. The molecule has 1 rings (SSSR count). The molecule has 0 aliphatic carbocycles. The molecule has 78 valence electrons. The number of aliphatic hydroxyl groups excluding tert-OH is 2. The summed E-state index contributed by atoms with van der Waals surface area (Å²) < 4.78 is 0. The van der Waals surface area contributed by atoms with Gasteiger partial charge in [0.1, 0.15) is 6.10 Å². The van der Waals surface area contributed by atoms with Crippen molar-refractivity contribution in [2.24, 2.45) is 0 Å². The number of nitrogens with zero attached hydrogens (tertiary/aromatic N) is 1. The first-order chi connectivity index (χ1) is 6.56. The third-order valence-corrected chi connectivity index (χ3v) is 2.45. The molecule has 2 atom stereocenters. The van der Waals surface area contributed by atoms with Gasteiger partial charge in [-0.15, -0.1) is 0 Å². The number of anilines is 1. The summed E-state index contributed by atoms with van der Waals surface area (Å²) in [5.41, 5.74) is 5.61. The molecular formula is C8H11BrN2O3. The molecule has 5 nitrogen and oxygen atoms in total. The number of nitrogens with two attached hydrogens (primary N) is 1. The second kappa shape index (κ2) is 4.59. The molecule has 14 heavy (non-hydrogen) atoms. The maximum absolute atomic E-state index is 9.53. The molecule has 0 spiro atoms. The van der Waals surface area contributed by atoms with Crippen molar-refractivity contribution < 1.29 is 15.3 Å². The lowest BCUT2D eigenvalue weighted by molar-refractivity contribution is 0.0339. The molecule has 2 unspecified atom stereocenters. The van der Waals surface area contributed by atoms with E-state index in [0.717, 1.165) is 0 Å². The van der Waals surface area contributed by atoms with Crippen molar-refractivity contribution >= 4 is 21.7 Å². The predicted molar refractivity (Wildman–Crippen MR) is 55.1 cm³/mol. The van der Waals surface area contributed by atoms with Gasteiger partial charge in [0.15, 0.2) is 11.6 Å². The van der Waals surface area contributed by atoms with Crippen LogP contribution in [0.1, 0.15) is 11.7 Å². The average molecular weight is 263 g/mol. The van der Waals surface area contributed by atoms with Crippen molar-refractivity contribution in [1.82, 2.24) is 4.98 Å². The molecule has 5 N–H and O–H groups in total. The van der Waals surface area contributed by atoms with Gasteiger partial charge in [0, 0.05) is 17.1 Å². The Bertz CT molecular complexity index is 321. The third kappa shape index (κ3) is 2.34. The number of nitrogen functional groups attached to an aromatic ring is 1. The Kier molecular flexibility index (Phi) is 3.68. The van der Waals surface area contributed by atoms with E-state index in [9.17, 15) is 15.3 Å². The van der Waals surface area contributed by atoms with Crippen LogP contribution in [0.25, 0.3) is 0 Å². The number of alkyl halides is 1. The van der Waals surface area contributed by atoms with Crippen LogP contribution in [0.4, 0.5) is 5.82 Å². The van der Waals surface area contributed by atoms with E-state index < -0.39 is 12.2 Å². The van der Waals surface area contributed by atoms with Gasteiger partial charge in [-0.3, -0.25) is 0 Å². The van der Waals surface area contributed by atoms with Gasteiger partial charge in [-0.2, -0.15) is 0 Å². The Morgan fingerprint density at radius 1 is 1.50 bits per heavy atom. The molecule has 1 aromatic heterocycles. The quantitative estimate of drug-likeness (QED) is 0.582. The Morgan fingerprint density at radius 3 is 2.64 bits per heavy atom. The summed E-state index contributed by atoms with van der Waals surface area (Å²) in [5, 5.41) is 28.3. The van der Waals surface area contributed by atoms with Crippen LogP contribution in [-0.4, -0.2) is 31.7 Å². The Balaban J connectivity index is 2.91. The van der Waals surface area contributed by atoms with Gasteiger partial charge in [-0.25, -0.2) is 4.98 Å². The normalized spacial score (nSPS) is 15.1. The van der Waals surface area contributed by atoms with Crippen molar-refractivity contribution in [3.63, 3.8) is 0 Å². The first kappa shape index (κ1) is 11.2. The highest BCUT2D eigenvalue weighted by Crippen LogP contribution is 2.24. The molecule has 0 fully saturated rings. The maximum atomic E-state index is 9.53. The van der Waals surface area contributed by atoms with Gasteiger partial charge >= 0.3 is 0 Å². The second-order valence-corrected chi connectivity index (χ2v) is 3.49. The molecular weight excluding hydrogens is 252 g/mol. The van der Waals surface area contributed by atoms with Crippen molar-refractivity contribution in [3.05, 3.63) is 17.8 Å². The minimum absolute atomic E-state index is 0.00529. The number of hydrogen-bond acceptors (Lipinski definition) is 5. The van der Waals surface area contributed by atoms with Gasteiger partial charge in [0.2, 0.25) is 0 Å². The van der Waals surface area contributed by atoms with Crippen molar-refractivity contribution in [2.75, 3.05) is 11.1 Å². The van der Waals surface area contributed by atoms with Gasteiger partial charge in [0.25, 0.3) is 0 Å². The number of aromatic nitrogens is 1. The topological polar surface area (TPSA) is 99.6 Å². The maximum Gasteiger partial charge on any atom is 0.165 e. The summed E-state index contributed by atoms with van der Waals surface area (Å²) in [7, 11) is 0. The van der Waals surface area contributed by atoms with Crippen LogP contribution in [-0.2, 0) is 0 Å². The van der Waals surface area contributed by atoms with Gasteiger partial charge < -0.3 is 21.1 Å². The number of rotatable bonds is 3. The van der Waals surface area contributed by atoms with E-state index in [-0.39, 0.29) is 16.9 Å². The van der Waals surface area contributed by atoms with E-state index in [1.807, 2.05) is 0 Å². The van der Waals surface area contributed by atoms with Crippen molar-refractivity contribution in [2.45, 2.75) is 12.2 Å². The minimum Gasteiger partial charge on any atom is -0.504 e. The van der Waals surface area contributed by atoms with Gasteiger partial charge in [-0.05, 0) is 6.07 Å². The first-order valence-corrected chi connectivity index (χ1v) is 5.05. The van der Waals surface area contributed by atoms with E-state index in [1.165, 1.54) is 12.3 Å². The van der Waals surface area contributed by atoms with Crippen LogP contribution in [0.3, 0.4) is 0 Å². The highest BCUT2D eigenvalue weighted by Gasteiger charge is 2.18. The summed E-state index contributed by atoms with van der Waals surface area (Å²) in [4.78, 5) is 3.66. The Labute approximate surface area is 89.3 Å². The molecule has 0 radical (unpaired) electrons. The van der Waals surface area contributed by atoms with Gasteiger partial charge in [-0.1, -0.05) is 15.9 Å². The highest BCUT2D eigenvalue weighted by atomic mass is 79.9. The largest absolute Gasteiger partial charge is 0.504 e. The molecule has 0 saturated carbocycles. The van der Waals surface area contributed by atoms with Crippen LogP contribution < -0.4 is 5.73 Å². The van der Waals surface area contributed by atoms with Crippen LogP contribution >= 0.6 is 15.9 Å². The summed E-state index contributed by atoms with van der Waals surface area (Å²) in [6, 6.07) is 1.28. The van der Waals surface area contributed by atoms with E-state index in [2.05, 4.69) is 20.9 Å². The van der Waals surface area contributed by atoms with E-state index >= 15 is 0 Å². The van der Waals surface area contributed by atoms with Crippen molar-refractivity contribution in [1.29, 1.82) is 0 Å². The smallest absolute Gasteiger partial charge is 0.165 e. The van der Waals surface area contributed by atoms with E-state index in [1.54, 1.807) is 0 Å². The van der Waals surface area contributed by atoms with Crippen LogP contribution in [0, 0.1) is 0 Å². The number of aliphatic hydroxyl groups is 2. The van der Waals surface area contributed by atoms with Crippen LogP contribution in [0.15, 0.2) is 12.3 Å². The summed E-state index contributed by atoms with van der Waals surface area (Å²) >= 11 is 3.03. The third-order valence-electron chi connectivity index (χ3n) is 1.78. The SMILES string of the molecule is Nc1ncc(C(O)C(O)CBr)cc1O. The fraction of sp³-hybridized carbons (Fsp3) is 0.375. The minimum atomic E-state index is -1.09. The molecule has 1 heterocycles. The number of halogens is 1. The summed E-state index contributed by atoms with van der Waals surface area (Å²) in [6.45, 7) is 0. The number of aromatic hydroxyl groups is 1. The first-order valence-electron chi connectivity index (χ1n) is 3.92. The highest BCUT2D eigenvalue weighted by molar-refractivity contribution is 9.09. The molecule has 0 aliphatic rings. The standard InChI is InChI=1S/C8H11BrN2O3/c9-2-6(13)7(14)4-1-5(12)8(10)11-3-4/h1,3,6-7,12-14H,2H2,(H2,10,11). The Morgan fingerprint density at radius 2 is 2.14 bits per heavy atom. The lowest BCUT2D eigenvalue weighted by atomic mass is 10.1. The van der Waals surface area contributed by atoms with Crippen LogP contribution in [0.5, 0.6) is 5.75 Å². The molecule has 1 aromatic rings. The van der Waals surface area contributed by atoms with E-state index in [4.69, 9.17) is 5.73 Å². The fourth-order valence-electron chi connectivity index (χ4n) is 0.948. The lowest BCUT2D eigenvalue weighted by Crippen LogP contribution is -2.19. The predicted octanol–water partition coefficient (Wildman–Crippen LogP) is 0.159. The summed E-state index contributed by atoms with van der Waals surface area (Å²) in [5.74, 6) is -0.211. The Hall–Kier alpha value is -0.850. The van der Waals surface area contributed by atoms with Crippen molar-refractivity contribution in [3.8, 4) is 5.75 Å². The molecule has 0 aliphatic heterocycles. The zero-order chi connectivity index (χ0) is 10.7. The van der Waals surface area contributed by atoms with Gasteiger partial charge in [0.05, 0.1) is 6.10 Å². The second-order valence-electron chi connectivity index (χ2n) is 2.84. The average Bonchev–Trinajstić information content (AvgIpc) is 2.20. The van der Waals surface area contributed by atoms with Crippen LogP contribution in [0.2, 0.25) is 0 Å². The number of pyridine rings is 1. The molecule has 0 saturated heterocycles. The zero-order valence-corrected chi connectivity index (χ0v) is 8.85. The molecule has 0 aromatic carbocycles. The molecule has 0 bridgehead atoms.